The van der Waals surface area contributed by atoms with Gasteiger partial charge in [-0.05, 0) is 37.3 Å². The second-order valence-electron chi connectivity index (χ2n) is 5.63. The molecule has 2 aliphatic rings. The van der Waals surface area contributed by atoms with Crippen molar-refractivity contribution in [3.05, 3.63) is 41.3 Å². The molecule has 1 aromatic heterocycles. The zero-order chi connectivity index (χ0) is 14.9. The Morgan fingerprint density at radius 3 is 3.00 bits per heavy atom. The summed E-state index contributed by atoms with van der Waals surface area (Å²) >= 11 is 0. The van der Waals surface area contributed by atoms with E-state index in [0.717, 1.165) is 37.0 Å². The molecule has 22 heavy (non-hydrogen) atoms. The molecular formula is C17H15N3O2. The van der Waals surface area contributed by atoms with E-state index in [1.165, 1.54) is 0 Å². The zero-order valence-electron chi connectivity index (χ0n) is 12.1. The van der Waals surface area contributed by atoms with E-state index < -0.39 is 0 Å². The summed E-state index contributed by atoms with van der Waals surface area (Å²) in [4.78, 5) is 8.71. The highest BCUT2D eigenvalue weighted by molar-refractivity contribution is 5.49. The third kappa shape index (κ3) is 2.48. The molecule has 0 amide bonds. The fourth-order valence-corrected chi connectivity index (χ4v) is 2.63. The number of hydrogen-bond donors (Lipinski definition) is 0. The van der Waals surface area contributed by atoms with Crippen molar-refractivity contribution in [2.24, 2.45) is 0 Å². The van der Waals surface area contributed by atoms with Crippen molar-refractivity contribution in [2.45, 2.75) is 31.6 Å². The maximum absolute atomic E-state index is 9.13. The van der Waals surface area contributed by atoms with Crippen LogP contribution in [-0.2, 0) is 6.42 Å². The van der Waals surface area contributed by atoms with Gasteiger partial charge in [0.1, 0.15) is 17.6 Å². The van der Waals surface area contributed by atoms with Crippen LogP contribution in [0.15, 0.2) is 24.3 Å². The van der Waals surface area contributed by atoms with E-state index >= 15 is 0 Å². The summed E-state index contributed by atoms with van der Waals surface area (Å²) < 4.78 is 11.7. The van der Waals surface area contributed by atoms with Gasteiger partial charge in [0.25, 0.3) is 0 Å². The second kappa shape index (κ2) is 5.30. The summed E-state index contributed by atoms with van der Waals surface area (Å²) in [5.41, 5.74) is 1.50. The first-order valence-electron chi connectivity index (χ1n) is 7.55. The SMILES string of the molecule is N#Cc1cc(Oc2cccc3c2OCCC3)nc(C2CC2)n1. The first-order chi connectivity index (χ1) is 10.8. The van der Waals surface area contributed by atoms with Crippen LogP contribution in [0.4, 0.5) is 0 Å². The van der Waals surface area contributed by atoms with Crippen molar-refractivity contribution in [3.63, 3.8) is 0 Å². The molecule has 0 unspecified atom stereocenters. The highest BCUT2D eigenvalue weighted by Gasteiger charge is 2.28. The Labute approximate surface area is 128 Å². The van der Waals surface area contributed by atoms with E-state index in [4.69, 9.17) is 14.7 Å². The molecular weight excluding hydrogens is 278 g/mol. The summed E-state index contributed by atoms with van der Waals surface area (Å²) in [5.74, 6) is 2.94. The number of benzene rings is 1. The second-order valence-corrected chi connectivity index (χ2v) is 5.63. The molecule has 1 saturated carbocycles. The normalized spacial score (nSPS) is 16.3. The van der Waals surface area contributed by atoms with Gasteiger partial charge in [-0.1, -0.05) is 12.1 Å². The minimum atomic E-state index is 0.345. The van der Waals surface area contributed by atoms with Gasteiger partial charge in [-0.25, -0.2) is 4.98 Å². The molecule has 5 nitrogen and oxygen atoms in total. The smallest absolute Gasteiger partial charge is 0.224 e. The number of ether oxygens (including phenoxy) is 2. The molecule has 1 fully saturated rings. The number of rotatable bonds is 3. The van der Waals surface area contributed by atoms with Gasteiger partial charge >= 0.3 is 0 Å². The van der Waals surface area contributed by atoms with Crippen molar-refractivity contribution in [3.8, 4) is 23.4 Å². The molecule has 4 rings (SSSR count). The molecule has 5 heteroatoms. The Morgan fingerprint density at radius 1 is 1.27 bits per heavy atom. The summed E-state index contributed by atoms with van der Waals surface area (Å²) in [6, 6.07) is 9.53. The Kier molecular flexibility index (Phi) is 3.15. The van der Waals surface area contributed by atoms with Gasteiger partial charge in [0.05, 0.1) is 6.61 Å². The molecule has 0 bridgehead atoms. The minimum absolute atomic E-state index is 0.345. The summed E-state index contributed by atoms with van der Waals surface area (Å²) in [6.45, 7) is 0.702. The molecule has 0 atom stereocenters. The van der Waals surface area contributed by atoms with Gasteiger partial charge in [-0.15, -0.1) is 0 Å². The molecule has 2 heterocycles. The Morgan fingerprint density at radius 2 is 2.18 bits per heavy atom. The van der Waals surface area contributed by atoms with Crippen molar-refractivity contribution < 1.29 is 9.47 Å². The average Bonchev–Trinajstić information content (AvgIpc) is 3.40. The minimum Gasteiger partial charge on any atom is -0.489 e. The summed E-state index contributed by atoms with van der Waals surface area (Å²) in [7, 11) is 0. The fourth-order valence-electron chi connectivity index (χ4n) is 2.63. The number of aromatic nitrogens is 2. The number of fused-ring (bicyclic) bond motifs is 1. The number of hydrogen-bond acceptors (Lipinski definition) is 5. The molecule has 1 aromatic carbocycles. The maximum Gasteiger partial charge on any atom is 0.224 e. The Balaban J connectivity index is 1.69. The van der Waals surface area contributed by atoms with Gasteiger partial charge in [0.2, 0.25) is 5.88 Å². The van der Waals surface area contributed by atoms with Crippen LogP contribution in [0.5, 0.6) is 17.4 Å². The van der Waals surface area contributed by atoms with E-state index in [9.17, 15) is 0 Å². The van der Waals surface area contributed by atoms with Gasteiger partial charge in [-0.3, -0.25) is 0 Å². The molecule has 1 aliphatic carbocycles. The maximum atomic E-state index is 9.13. The number of nitriles is 1. The predicted octanol–water partition coefficient (Wildman–Crippen LogP) is 3.34. The van der Waals surface area contributed by atoms with Crippen molar-refractivity contribution >= 4 is 0 Å². The largest absolute Gasteiger partial charge is 0.489 e. The molecule has 0 spiro atoms. The summed E-state index contributed by atoms with van der Waals surface area (Å²) in [6.07, 6.45) is 4.18. The lowest BCUT2D eigenvalue weighted by Gasteiger charge is -2.19. The average molecular weight is 293 g/mol. The highest BCUT2D eigenvalue weighted by atomic mass is 16.5. The lowest BCUT2D eigenvalue weighted by molar-refractivity contribution is 0.274. The number of para-hydroxylation sites is 1. The quantitative estimate of drug-likeness (QED) is 0.868. The van der Waals surface area contributed by atoms with Gasteiger partial charge in [-0.2, -0.15) is 10.2 Å². The van der Waals surface area contributed by atoms with Crippen LogP contribution in [0.1, 0.15) is 42.3 Å². The Bertz CT molecular complexity index is 763. The van der Waals surface area contributed by atoms with Crippen LogP contribution in [-0.4, -0.2) is 16.6 Å². The van der Waals surface area contributed by atoms with Crippen LogP contribution in [0.3, 0.4) is 0 Å². The molecule has 0 radical (unpaired) electrons. The van der Waals surface area contributed by atoms with Gasteiger partial charge < -0.3 is 9.47 Å². The topological polar surface area (TPSA) is 68.0 Å². The summed E-state index contributed by atoms with van der Waals surface area (Å²) in [5, 5.41) is 9.13. The van der Waals surface area contributed by atoms with Crippen molar-refractivity contribution in [2.75, 3.05) is 6.61 Å². The van der Waals surface area contributed by atoms with Crippen LogP contribution < -0.4 is 9.47 Å². The van der Waals surface area contributed by atoms with Gasteiger partial charge in [0, 0.05) is 12.0 Å². The third-order valence-corrected chi connectivity index (χ3v) is 3.89. The van der Waals surface area contributed by atoms with E-state index in [0.29, 0.717) is 35.7 Å². The predicted molar refractivity (Wildman–Crippen MR) is 79.1 cm³/mol. The van der Waals surface area contributed by atoms with E-state index in [1.807, 2.05) is 12.1 Å². The lowest BCUT2D eigenvalue weighted by Crippen LogP contribution is -2.09. The monoisotopic (exact) mass is 293 g/mol. The van der Waals surface area contributed by atoms with E-state index in [1.54, 1.807) is 6.07 Å². The lowest BCUT2D eigenvalue weighted by atomic mass is 10.1. The van der Waals surface area contributed by atoms with Crippen molar-refractivity contribution in [1.82, 2.24) is 9.97 Å². The number of aryl methyl sites for hydroxylation is 1. The van der Waals surface area contributed by atoms with E-state index in [-0.39, 0.29) is 0 Å². The Hall–Kier alpha value is -2.61. The highest BCUT2D eigenvalue weighted by Crippen LogP contribution is 2.40. The fraction of sp³-hybridized carbons (Fsp3) is 0.353. The molecule has 110 valence electrons. The van der Waals surface area contributed by atoms with Crippen LogP contribution in [0.25, 0.3) is 0 Å². The van der Waals surface area contributed by atoms with Crippen LogP contribution in [0, 0.1) is 11.3 Å². The first-order valence-corrected chi connectivity index (χ1v) is 7.55. The van der Waals surface area contributed by atoms with Gasteiger partial charge in [0.15, 0.2) is 11.5 Å². The third-order valence-electron chi connectivity index (χ3n) is 3.89. The molecule has 2 aromatic rings. The standard InChI is InChI=1S/C17H15N3O2/c18-10-13-9-15(20-17(19-13)12-6-7-12)22-14-5-1-3-11-4-2-8-21-16(11)14/h1,3,5,9,12H,2,4,6-8H2. The van der Waals surface area contributed by atoms with E-state index in [2.05, 4.69) is 22.1 Å². The van der Waals surface area contributed by atoms with Crippen molar-refractivity contribution in [1.29, 1.82) is 5.26 Å². The molecule has 1 aliphatic heterocycles. The zero-order valence-corrected chi connectivity index (χ0v) is 12.1. The molecule has 0 saturated heterocycles. The van der Waals surface area contributed by atoms with Crippen LogP contribution >= 0.6 is 0 Å². The van der Waals surface area contributed by atoms with Crippen LogP contribution in [0.2, 0.25) is 0 Å². The molecule has 0 N–H and O–H groups in total. The first kappa shape index (κ1) is 13.1. The number of nitrogens with zero attached hydrogens (tertiary/aromatic N) is 3.